The Morgan fingerprint density at radius 1 is 1.33 bits per heavy atom. The maximum absolute atomic E-state index is 12.6. The van der Waals surface area contributed by atoms with E-state index in [-0.39, 0.29) is 6.54 Å². The summed E-state index contributed by atoms with van der Waals surface area (Å²) in [6, 6.07) is 8.92. The van der Waals surface area contributed by atoms with Crippen molar-refractivity contribution in [3.8, 4) is 0 Å². The van der Waals surface area contributed by atoms with Crippen LogP contribution >= 0.6 is 0 Å². The summed E-state index contributed by atoms with van der Waals surface area (Å²) in [4.78, 5) is 10.1. The Bertz CT molecular complexity index is 327. The fourth-order valence-electron chi connectivity index (χ4n) is 1.04. The second kappa shape index (κ2) is 4.84. The van der Waals surface area contributed by atoms with E-state index in [4.69, 9.17) is 5.11 Å². The number of rotatable bonds is 5. The van der Waals surface area contributed by atoms with Gasteiger partial charge in [-0.2, -0.15) is 8.78 Å². The molecule has 0 aromatic heterocycles. The van der Waals surface area contributed by atoms with Crippen LogP contribution in [0.15, 0.2) is 30.3 Å². The number of hydrogen-bond donors (Lipinski definition) is 2. The van der Waals surface area contributed by atoms with E-state index in [9.17, 15) is 13.6 Å². The van der Waals surface area contributed by atoms with Crippen LogP contribution in [0.3, 0.4) is 0 Å². The molecule has 3 nitrogen and oxygen atoms in total. The highest BCUT2D eigenvalue weighted by Gasteiger charge is 2.37. The molecule has 0 saturated carbocycles. The van der Waals surface area contributed by atoms with Crippen LogP contribution in [0.4, 0.5) is 8.78 Å². The second-order valence-corrected chi connectivity index (χ2v) is 3.10. The number of carboxylic acid groups (broad SMARTS) is 1. The van der Waals surface area contributed by atoms with E-state index < -0.39 is 18.4 Å². The van der Waals surface area contributed by atoms with Gasteiger partial charge in [0, 0.05) is 6.54 Å². The zero-order chi connectivity index (χ0) is 11.3. The molecule has 0 fully saturated rings. The molecule has 82 valence electrons. The lowest BCUT2D eigenvalue weighted by atomic mass is 10.2. The summed E-state index contributed by atoms with van der Waals surface area (Å²) in [5.41, 5.74) is 0.832. The molecule has 0 radical (unpaired) electrons. The SMILES string of the molecule is O=C(O)C(F)(F)CNCc1ccccc1. The lowest BCUT2D eigenvalue weighted by Crippen LogP contribution is -2.39. The smallest absolute Gasteiger partial charge is 0.375 e. The molecule has 2 N–H and O–H groups in total. The lowest BCUT2D eigenvalue weighted by molar-refractivity contribution is -0.164. The molecule has 1 rings (SSSR count). The third-order valence-electron chi connectivity index (χ3n) is 1.83. The Balaban J connectivity index is 2.37. The van der Waals surface area contributed by atoms with Gasteiger partial charge in [-0.1, -0.05) is 30.3 Å². The molecule has 0 aliphatic heterocycles. The van der Waals surface area contributed by atoms with Crippen LogP contribution in [-0.2, 0) is 11.3 Å². The summed E-state index contributed by atoms with van der Waals surface area (Å²) in [5, 5.41) is 10.5. The van der Waals surface area contributed by atoms with Crippen molar-refractivity contribution in [3.05, 3.63) is 35.9 Å². The predicted octanol–water partition coefficient (Wildman–Crippen LogP) is 1.50. The van der Waals surface area contributed by atoms with Gasteiger partial charge in [-0.15, -0.1) is 0 Å². The van der Waals surface area contributed by atoms with Crippen molar-refractivity contribution in [1.82, 2.24) is 5.32 Å². The van der Waals surface area contributed by atoms with Crippen molar-refractivity contribution < 1.29 is 18.7 Å². The predicted molar refractivity (Wildman–Crippen MR) is 50.7 cm³/mol. The Labute approximate surface area is 85.7 Å². The molecular weight excluding hydrogens is 204 g/mol. The molecule has 0 aliphatic carbocycles. The van der Waals surface area contributed by atoms with Crippen molar-refractivity contribution in [3.63, 3.8) is 0 Å². The summed E-state index contributed by atoms with van der Waals surface area (Å²) >= 11 is 0. The molecule has 5 heteroatoms. The van der Waals surface area contributed by atoms with Crippen molar-refractivity contribution in [2.24, 2.45) is 0 Å². The molecular formula is C10H11F2NO2. The van der Waals surface area contributed by atoms with Crippen molar-refractivity contribution in [2.75, 3.05) is 6.54 Å². The Morgan fingerprint density at radius 3 is 2.47 bits per heavy atom. The van der Waals surface area contributed by atoms with Crippen LogP contribution in [0.2, 0.25) is 0 Å². The first-order chi connectivity index (χ1) is 7.02. The molecule has 0 bridgehead atoms. The second-order valence-electron chi connectivity index (χ2n) is 3.10. The zero-order valence-corrected chi connectivity index (χ0v) is 7.91. The minimum Gasteiger partial charge on any atom is -0.477 e. The number of carbonyl (C=O) groups is 1. The van der Waals surface area contributed by atoms with Gasteiger partial charge in [0.2, 0.25) is 0 Å². The highest BCUT2D eigenvalue weighted by Crippen LogP contribution is 2.11. The van der Waals surface area contributed by atoms with E-state index in [0.717, 1.165) is 5.56 Å². The van der Waals surface area contributed by atoms with Gasteiger partial charge >= 0.3 is 11.9 Å². The van der Waals surface area contributed by atoms with Crippen molar-refractivity contribution in [2.45, 2.75) is 12.5 Å². The van der Waals surface area contributed by atoms with E-state index in [1.807, 2.05) is 6.07 Å². The zero-order valence-electron chi connectivity index (χ0n) is 7.91. The highest BCUT2D eigenvalue weighted by atomic mass is 19.3. The topological polar surface area (TPSA) is 49.3 Å². The minimum atomic E-state index is -3.71. The third kappa shape index (κ3) is 3.63. The first kappa shape index (κ1) is 11.6. The quantitative estimate of drug-likeness (QED) is 0.782. The first-order valence-corrected chi connectivity index (χ1v) is 4.38. The number of carboxylic acids is 1. The first-order valence-electron chi connectivity index (χ1n) is 4.38. The van der Waals surface area contributed by atoms with Gasteiger partial charge in [0.25, 0.3) is 0 Å². The fraction of sp³-hybridized carbons (Fsp3) is 0.300. The standard InChI is InChI=1S/C10H11F2NO2/c11-10(12,9(14)15)7-13-6-8-4-2-1-3-5-8/h1-5,13H,6-7H2,(H,14,15). The summed E-state index contributed by atoms with van der Waals surface area (Å²) in [6.07, 6.45) is 0. The van der Waals surface area contributed by atoms with Crippen molar-refractivity contribution in [1.29, 1.82) is 0 Å². The van der Waals surface area contributed by atoms with E-state index in [1.165, 1.54) is 0 Å². The molecule has 0 saturated heterocycles. The van der Waals surface area contributed by atoms with E-state index >= 15 is 0 Å². The molecule has 1 aromatic carbocycles. The van der Waals surface area contributed by atoms with Gasteiger partial charge in [-0.25, -0.2) is 4.79 Å². The van der Waals surface area contributed by atoms with Crippen LogP contribution in [0.25, 0.3) is 0 Å². The van der Waals surface area contributed by atoms with Gasteiger partial charge in [0.15, 0.2) is 0 Å². The van der Waals surface area contributed by atoms with E-state index in [0.29, 0.717) is 0 Å². The van der Waals surface area contributed by atoms with Crippen molar-refractivity contribution >= 4 is 5.97 Å². The molecule has 0 spiro atoms. The molecule has 0 heterocycles. The van der Waals surface area contributed by atoms with Gasteiger partial charge in [-0.05, 0) is 5.56 Å². The summed E-state index contributed by atoms with van der Waals surface area (Å²) in [7, 11) is 0. The molecule has 0 amide bonds. The molecule has 1 aromatic rings. The number of alkyl halides is 2. The van der Waals surface area contributed by atoms with Crippen LogP contribution in [0, 0.1) is 0 Å². The van der Waals surface area contributed by atoms with Crippen LogP contribution in [0.5, 0.6) is 0 Å². The number of benzene rings is 1. The molecule has 15 heavy (non-hydrogen) atoms. The Morgan fingerprint density at radius 2 is 1.93 bits per heavy atom. The minimum absolute atomic E-state index is 0.226. The highest BCUT2D eigenvalue weighted by molar-refractivity contribution is 5.75. The molecule has 0 unspecified atom stereocenters. The van der Waals surface area contributed by atoms with Crippen LogP contribution in [-0.4, -0.2) is 23.5 Å². The number of nitrogens with one attached hydrogen (secondary N) is 1. The average molecular weight is 215 g/mol. The Kier molecular flexibility index (Phi) is 3.74. The summed E-state index contributed by atoms with van der Waals surface area (Å²) in [5.74, 6) is -5.82. The number of halogens is 2. The van der Waals surface area contributed by atoms with E-state index in [1.54, 1.807) is 24.3 Å². The van der Waals surface area contributed by atoms with Crippen LogP contribution < -0.4 is 5.32 Å². The summed E-state index contributed by atoms with van der Waals surface area (Å²) < 4.78 is 25.2. The normalized spacial score (nSPS) is 11.3. The fourth-order valence-corrected chi connectivity index (χ4v) is 1.04. The van der Waals surface area contributed by atoms with Gasteiger partial charge in [0.05, 0.1) is 6.54 Å². The Hall–Kier alpha value is -1.49. The summed E-state index contributed by atoms with van der Waals surface area (Å²) in [6.45, 7) is -0.638. The number of aliphatic carboxylic acids is 1. The third-order valence-corrected chi connectivity index (χ3v) is 1.83. The largest absolute Gasteiger partial charge is 0.477 e. The molecule has 0 aliphatic rings. The van der Waals surface area contributed by atoms with E-state index in [2.05, 4.69) is 5.32 Å². The lowest BCUT2D eigenvalue weighted by Gasteiger charge is -2.11. The van der Waals surface area contributed by atoms with Gasteiger partial charge < -0.3 is 10.4 Å². The monoisotopic (exact) mass is 215 g/mol. The average Bonchev–Trinajstić information content (AvgIpc) is 2.19. The molecule has 0 atom stereocenters. The van der Waals surface area contributed by atoms with Gasteiger partial charge in [0.1, 0.15) is 0 Å². The van der Waals surface area contributed by atoms with Crippen LogP contribution in [0.1, 0.15) is 5.56 Å². The van der Waals surface area contributed by atoms with Gasteiger partial charge in [-0.3, -0.25) is 0 Å². The maximum atomic E-state index is 12.6. The maximum Gasteiger partial charge on any atom is 0.375 e. The number of hydrogen-bond acceptors (Lipinski definition) is 2.